The number of hydrogen-bond acceptors (Lipinski definition) is 2. The van der Waals surface area contributed by atoms with Crippen molar-refractivity contribution in [1.82, 2.24) is 5.32 Å². The minimum Gasteiger partial charge on any atom is -0.491 e. The molecule has 0 amide bonds. The van der Waals surface area contributed by atoms with Crippen molar-refractivity contribution in [3.63, 3.8) is 0 Å². The average molecular weight is 371 g/mol. The van der Waals surface area contributed by atoms with Crippen LogP contribution >= 0.6 is 12.2 Å². The highest BCUT2D eigenvalue weighted by Gasteiger charge is 2.18. The molecule has 1 unspecified atom stereocenters. The fourth-order valence-electron chi connectivity index (χ4n) is 2.98. The van der Waals surface area contributed by atoms with E-state index in [1.165, 1.54) is 16.7 Å². The van der Waals surface area contributed by atoms with Crippen LogP contribution in [0, 0.1) is 19.8 Å². The molecule has 2 rings (SSSR count). The summed E-state index contributed by atoms with van der Waals surface area (Å²) >= 11 is 5.55. The second-order valence-corrected chi connectivity index (χ2v) is 7.78. The first-order chi connectivity index (χ1) is 12.3. The Kier molecular flexibility index (Phi) is 7.04. The maximum Gasteiger partial charge on any atom is 0.171 e. The van der Waals surface area contributed by atoms with Gasteiger partial charge in [0.1, 0.15) is 5.75 Å². The van der Waals surface area contributed by atoms with Crippen LogP contribution < -0.4 is 15.4 Å². The van der Waals surface area contributed by atoms with E-state index >= 15 is 0 Å². The fourth-order valence-corrected chi connectivity index (χ4v) is 3.22. The third-order valence-corrected chi connectivity index (χ3v) is 4.42. The molecule has 1 atom stereocenters. The van der Waals surface area contributed by atoms with Gasteiger partial charge in [-0.2, -0.15) is 0 Å². The number of rotatable bonds is 6. The van der Waals surface area contributed by atoms with Gasteiger partial charge in [-0.3, -0.25) is 0 Å². The first kappa shape index (κ1) is 20.2. The summed E-state index contributed by atoms with van der Waals surface area (Å²) in [5, 5.41) is 7.38. The molecule has 3 nitrogen and oxygen atoms in total. The third-order valence-electron chi connectivity index (χ3n) is 4.20. The van der Waals surface area contributed by atoms with Crippen molar-refractivity contribution >= 4 is 23.0 Å². The van der Waals surface area contributed by atoms with E-state index in [4.69, 9.17) is 17.0 Å². The van der Waals surface area contributed by atoms with Gasteiger partial charge in [-0.1, -0.05) is 37.6 Å². The van der Waals surface area contributed by atoms with Gasteiger partial charge in [0, 0.05) is 5.69 Å². The van der Waals surface area contributed by atoms with Crippen molar-refractivity contribution in [2.45, 2.75) is 53.7 Å². The SMILES string of the molecule is Cc1ccc(C(NC(=S)Nc2ccc(OC(C)C)cc2)C(C)C)c(C)c1. The molecule has 0 aliphatic carbocycles. The normalized spacial score (nSPS) is 12.2. The minimum absolute atomic E-state index is 0.166. The van der Waals surface area contributed by atoms with Crippen molar-refractivity contribution in [2.24, 2.45) is 5.92 Å². The van der Waals surface area contributed by atoms with Gasteiger partial charge in [-0.15, -0.1) is 0 Å². The van der Waals surface area contributed by atoms with E-state index in [-0.39, 0.29) is 12.1 Å². The van der Waals surface area contributed by atoms with Crippen LogP contribution in [0.25, 0.3) is 0 Å². The molecule has 0 spiro atoms. The Hall–Kier alpha value is -2.07. The molecular weight excluding hydrogens is 340 g/mol. The predicted octanol–water partition coefficient (Wildman–Crippen LogP) is 5.77. The number of thiocarbonyl (C=S) groups is 1. The van der Waals surface area contributed by atoms with E-state index in [1.807, 2.05) is 38.1 Å². The zero-order valence-electron chi connectivity index (χ0n) is 16.6. The van der Waals surface area contributed by atoms with Gasteiger partial charge < -0.3 is 15.4 Å². The lowest BCUT2D eigenvalue weighted by atomic mass is 9.92. The molecule has 2 aromatic rings. The Balaban J connectivity index is 2.06. The highest BCUT2D eigenvalue weighted by molar-refractivity contribution is 7.80. The van der Waals surface area contributed by atoms with Crippen LogP contribution in [-0.4, -0.2) is 11.2 Å². The van der Waals surface area contributed by atoms with Crippen LogP contribution in [0.5, 0.6) is 5.75 Å². The highest BCUT2D eigenvalue weighted by atomic mass is 32.1. The Morgan fingerprint density at radius 3 is 2.15 bits per heavy atom. The maximum absolute atomic E-state index is 5.67. The summed E-state index contributed by atoms with van der Waals surface area (Å²) in [6.07, 6.45) is 0.168. The Bertz CT molecular complexity index is 738. The molecule has 0 bridgehead atoms. The molecule has 140 valence electrons. The van der Waals surface area contributed by atoms with Crippen molar-refractivity contribution in [1.29, 1.82) is 0 Å². The number of hydrogen-bond donors (Lipinski definition) is 2. The maximum atomic E-state index is 5.67. The molecule has 0 aromatic heterocycles. The zero-order chi connectivity index (χ0) is 19.3. The topological polar surface area (TPSA) is 33.3 Å². The van der Waals surface area contributed by atoms with E-state index in [0.29, 0.717) is 11.0 Å². The molecule has 0 aliphatic rings. The quantitative estimate of drug-likeness (QED) is 0.632. The molecule has 2 N–H and O–H groups in total. The molecule has 0 heterocycles. The summed E-state index contributed by atoms with van der Waals surface area (Å²) < 4.78 is 5.67. The standard InChI is InChI=1S/C22H30N2OS/c1-14(2)21(20-12-7-16(5)13-17(20)6)24-22(26)23-18-8-10-19(11-9-18)25-15(3)4/h7-15,21H,1-6H3,(H2,23,24,26). The van der Waals surface area contributed by atoms with Gasteiger partial charge >= 0.3 is 0 Å². The summed E-state index contributed by atoms with van der Waals surface area (Å²) in [4.78, 5) is 0. The van der Waals surface area contributed by atoms with E-state index < -0.39 is 0 Å². The average Bonchev–Trinajstić information content (AvgIpc) is 2.54. The fraction of sp³-hybridized carbons (Fsp3) is 0.409. The van der Waals surface area contributed by atoms with Crippen LogP contribution in [0.4, 0.5) is 5.69 Å². The number of anilines is 1. The number of aryl methyl sites for hydroxylation is 2. The Labute approximate surface area is 163 Å². The number of benzene rings is 2. The lowest BCUT2D eigenvalue weighted by Gasteiger charge is -2.26. The third kappa shape index (κ3) is 5.73. The van der Waals surface area contributed by atoms with Crippen molar-refractivity contribution in [3.05, 3.63) is 59.2 Å². The number of nitrogens with one attached hydrogen (secondary N) is 2. The second kappa shape index (κ2) is 9.04. The molecule has 0 saturated carbocycles. The summed E-state index contributed by atoms with van der Waals surface area (Å²) in [6.45, 7) is 12.7. The van der Waals surface area contributed by atoms with Crippen molar-refractivity contribution in [3.8, 4) is 5.75 Å². The van der Waals surface area contributed by atoms with Crippen molar-refractivity contribution < 1.29 is 4.74 Å². The van der Waals surface area contributed by atoms with Gasteiger partial charge in [0.2, 0.25) is 0 Å². The summed E-state index contributed by atoms with van der Waals surface area (Å²) in [7, 11) is 0. The molecule has 0 aliphatic heterocycles. The summed E-state index contributed by atoms with van der Waals surface area (Å²) in [6, 6.07) is 14.6. The van der Waals surface area contributed by atoms with Gasteiger partial charge in [-0.25, -0.2) is 0 Å². The van der Waals surface area contributed by atoms with Gasteiger partial charge in [0.25, 0.3) is 0 Å². The minimum atomic E-state index is 0.166. The van der Waals surface area contributed by atoms with E-state index in [9.17, 15) is 0 Å². The smallest absolute Gasteiger partial charge is 0.171 e. The molecule has 4 heteroatoms. The van der Waals surface area contributed by atoms with Crippen LogP contribution in [0.15, 0.2) is 42.5 Å². The Morgan fingerprint density at radius 1 is 0.962 bits per heavy atom. The van der Waals surface area contributed by atoms with E-state index in [0.717, 1.165) is 11.4 Å². The number of ether oxygens (including phenoxy) is 1. The highest BCUT2D eigenvalue weighted by Crippen LogP contribution is 2.26. The monoisotopic (exact) mass is 370 g/mol. The van der Waals surface area contributed by atoms with Crippen LogP contribution in [0.1, 0.15) is 50.4 Å². The molecule has 0 saturated heterocycles. The Morgan fingerprint density at radius 2 is 1.62 bits per heavy atom. The molecular formula is C22H30N2OS. The summed E-state index contributed by atoms with van der Waals surface area (Å²) in [5.74, 6) is 1.28. The van der Waals surface area contributed by atoms with Gasteiger partial charge in [0.15, 0.2) is 5.11 Å². The lowest BCUT2D eigenvalue weighted by molar-refractivity contribution is 0.242. The van der Waals surface area contributed by atoms with Gasteiger partial charge in [0.05, 0.1) is 12.1 Å². The van der Waals surface area contributed by atoms with Crippen LogP contribution in [0.3, 0.4) is 0 Å². The van der Waals surface area contributed by atoms with Crippen LogP contribution in [0.2, 0.25) is 0 Å². The molecule has 0 radical (unpaired) electrons. The predicted molar refractivity (Wildman–Crippen MR) is 115 cm³/mol. The zero-order valence-corrected chi connectivity index (χ0v) is 17.4. The molecule has 26 heavy (non-hydrogen) atoms. The van der Waals surface area contributed by atoms with E-state index in [2.05, 4.69) is 56.5 Å². The van der Waals surface area contributed by atoms with Crippen LogP contribution in [-0.2, 0) is 0 Å². The lowest BCUT2D eigenvalue weighted by Crippen LogP contribution is -2.35. The first-order valence-electron chi connectivity index (χ1n) is 9.17. The second-order valence-electron chi connectivity index (χ2n) is 7.37. The molecule has 0 fully saturated rings. The molecule has 2 aromatic carbocycles. The van der Waals surface area contributed by atoms with E-state index in [1.54, 1.807) is 0 Å². The van der Waals surface area contributed by atoms with Gasteiger partial charge in [-0.05, 0) is 81.2 Å². The summed E-state index contributed by atoms with van der Waals surface area (Å²) in [5.41, 5.74) is 4.80. The largest absolute Gasteiger partial charge is 0.491 e. The first-order valence-corrected chi connectivity index (χ1v) is 9.58. The van der Waals surface area contributed by atoms with Crippen molar-refractivity contribution in [2.75, 3.05) is 5.32 Å².